The first-order valence-electron chi connectivity index (χ1n) is 6.27. The van der Waals surface area contributed by atoms with Crippen LogP contribution in [0.5, 0.6) is 5.75 Å². The number of benzene rings is 1. The Balaban J connectivity index is 2.74. The summed E-state index contributed by atoms with van der Waals surface area (Å²) < 4.78 is 11.0. The molecule has 2 N–H and O–H groups in total. The summed E-state index contributed by atoms with van der Waals surface area (Å²) in [6.07, 6.45) is 0.160. The van der Waals surface area contributed by atoms with Crippen molar-refractivity contribution < 1.29 is 14.3 Å². The highest BCUT2D eigenvalue weighted by molar-refractivity contribution is 5.97. The molecule has 5 nitrogen and oxygen atoms in total. The second kappa shape index (κ2) is 6.99. The van der Waals surface area contributed by atoms with Crippen LogP contribution in [0, 0.1) is 0 Å². The number of nitrogens with zero attached hydrogens (tertiary/aromatic N) is 1. The average Bonchev–Trinajstić information content (AvgIpc) is 2.33. The summed E-state index contributed by atoms with van der Waals surface area (Å²) in [4.78, 5) is 13.5. The Morgan fingerprint density at radius 2 is 2.00 bits per heavy atom. The van der Waals surface area contributed by atoms with E-state index in [4.69, 9.17) is 15.2 Å². The lowest BCUT2D eigenvalue weighted by atomic mass is 10.1. The van der Waals surface area contributed by atoms with Crippen molar-refractivity contribution in [2.24, 2.45) is 0 Å². The van der Waals surface area contributed by atoms with Crippen LogP contribution in [0.3, 0.4) is 0 Å². The second-order valence-corrected chi connectivity index (χ2v) is 4.72. The number of anilines is 1. The number of nitrogen functional groups attached to an aromatic ring is 1. The standard InChI is InChI=1S/C14H22N2O3/c1-10(2)18-7-8-19-13-9-11(15)5-6-12(13)14(17)16(3)4/h5-6,9-10H,7-8,15H2,1-4H3. The van der Waals surface area contributed by atoms with Crippen LogP contribution in [0.4, 0.5) is 5.69 Å². The Kier molecular flexibility index (Phi) is 5.63. The Hall–Kier alpha value is -1.75. The van der Waals surface area contributed by atoms with Crippen LogP contribution in [-0.2, 0) is 4.74 Å². The van der Waals surface area contributed by atoms with Gasteiger partial charge in [0.25, 0.3) is 5.91 Å². The van der Waals surface area contributed by atoms with E-state index in [1.807, 2.05) is 13.8 Å². The van der Waals surface area contributed by atoms with Crippen LogP contribution in [-0.4, -0.2) is 44.2 Å². The zero-order valence-electron chi connectivity index (χ0n) is 12.0. The van der Waals surface area contributed by atoms with Gasteiger partial charge in [-0.3, -0.25) is 4.79 Å². The SMILES string of the molecule is CC(C)OCCOc1cc(N)ccc1C(=O)N(C)C. The molecule has 1 aromatic carbocycles. The lowest BCUT2D eigenvalue weighted by Gasteiger charge is -2.16. The lowest BCUT2D eigenvalue weighted by molar-refractivity contribution is 0.0546. The first-order chi connectivity index (χ1) is 8.91. The van der Waals surface area contributed by atoms with Gasteiger partial charge >= 0.3 is 0 Å². The minimum Gasteiger partial charge on any atom is -0.490 e. The van der Waals surface area contributed by atoms with Gasteiger partial charge in [0.1, 0.15) is 12.4 Å². The predicted molar refractivity (Wildman–Crippen MR) is 75.5 cm³/mol. The van der Waals surface area contributed by atoms with Gasteiger partial charge in [-0.05, 0) is 26.0 Å². The van der Waals surface area contributed by atoms with Gasteiger partial charge in [-0.2, -0.15) is 0 Å². The van der Waals surface area contributed by atoms with Gasteiger partial charge in [0, 0.05) is 25.8 Å². The highest BCUT2D eigenvalue weighted by atomic mass is 16.5. The maximum Gasteiger partial charge on any atom is 0.257 e. The summed E-state index contributed by atoms with van der Waals surface area (Å²) in [6.45, 7) is 4.78. The summed E-state index contributed by atoms with van der Waals surface area (Å²) >= 11 is 0. The first-order valence-corrected chi connectivity index (χ1v) is 6.27. The third kappa shape index (κ3) is 4.79. The molecular formula is C14H22N2O3. The number of amides is 1. The van der Waals surface area contributed by atoms with Gasteiger partial charge in [-0.1, -0.05) is 0 Å². The molecule has 0 aliphatic carbocycles. The van der Waals surface area contributed by atoms with E-state index in [2.05, 4.69) is 0 Å². The summed E-state index contributed by atoms with van der Waals surface area (Å²) in [6, 6.07) is 5.02. The van der Waals surface area contributed by atoms with E-state index >= 15 is 0 Å². The monoisotopic (exact) mass is 266 g/mol. The van der Waals surface area contributed by atoms with Crippen molar-refractivity contribution in [3.8, 4) is 5.75 Å². The smallest absolute Gasteiger partial charge is 0.257 e. The van der Waals surface area contributed by atoms with Crippen molar-refractivity contribution in [2.45, 2.75) is 20.0 Å². The molecule has 1 aromatic rings. The summed E-state index contributed by atoms with van der Waals surface area (Å²) in [5.41, 5.74) is 6.79. The molecule has 0 fully saturated rings. The first kappa shape index (κ1) is 15.3. The van der Waals surface area contributed by atoms with E-state index in [0.717, 1.165) is 0 Å². The molecule has 0 saturated carbocycles. The Labute approximate surface area is 114 Å². The van der Waals surface area contributed by atoms with Crippen LogP contribution in [0.25, 0.3) is 0 Å². The Morgan fingerprint density at radius 1 is 1.32 bits per heavy atom. The van der Waals surface area contributed by atoms with Crippen LogP contribution in [0.2, 0.25) is 0 Å². The van der Waals surface area contributed by atoms with E-state index in [1.54, 1.807) is 32.3 Å². The molecule has 0 spiro atoms. The van der Waals surface area contributed by atoms with Crippen LogP contribution >= 0.6 is 0 Å². The van der Waals surface area contributed by atoms with Crippen molar-refractivity contribution in [3.63, 3.8) is 0 Å². The lowest BCUT2D eigenvalue weighted by Crippen LogP contribution is -2.23. The second-order valence-electron chi connectivity index (χ2n) is 4.72. The minimum absolute atomic E-state index is 0.111. The molecule has 0 aromatic heterocycles. The normalized spacial score (nSPS) is 10.6. The number of nitrogens with two attached hydrogens (primary N) is 1. The van der Waals surface area contributed by atoms with Crippen LogP contribution in [0.1, 0.15) is 24.2 Å². The van der Waals surface area contributed by atoms with E-state index in [0.29, 0.717) is 30.2 Å². The fourth-order valence-electron chi connectivity index (χ4n) is 1.51. The maximum absolute atomic E-state index is 12.0. The molecule has 19 heavy (non-hydrogen) atoms. The van der Waals surface area contributed by atoms with Crippen molar-refractivity contribution in [1.29, 1.82) is 0 Å². The molecule has 0 atom stereocenters. The number of hydrogen-bond donors (Lipinski definition) is 1. The molecule has 1 amide bonds. The zero-order valence-corrected chi connectivity index (χ0v) is 12.0. The molecular weight excluding hydrogens is 244 g/mol. The number of ether oxygens (including phenoxy) is 2. The van der Waals surface area contributed by atoms with Crippen molar-refractivity contribution in [2.75, 3.05) is 33.0 Å². The molecule has 0 aliphatic heterocycles. The highest BCUT2D eigenvalue weighted by Gasteiger charge is 2.14. The summed E-state index contributed by atoms with van der Waals surface area (Å²) in [5, 5.41) is 0. The summed E-state index contributed by atoms with van der Waals surface area (Å²) in [7, 11) is 3.40. The van der Waals surface area contributed by atoms with Gasteiger partial charge in [0.2, 0.25) is 0 Å². The predicted octanol–water partition coefficient (Wildman–Crippen LogP) is 1.77. The number of carbonyl (C=O) groups is 1. The molecule has 1 rings (SSSR count). The van der Waals surface area contributed by atoms with E-state index in [9.17, 15) is 4.79 Å². The van der Waals surface area contributed by atoms with Crippen molar-refractivity contribution in [1.82, 2.24) is 4.90 Å². The number of rotatable bonds is 6. The van der Waals surface area contributed by atoms with Gasteiger partial charge < -0.3 is 20.1 Å². The molecule has 0 saturated heterocycles. The molecule has 5 heteroatoms. The van der Waals surface area contributed by atoms with E-state index in [-0.39, 0.29) is 12.0 Å². The largest absolute Gasteiger partial charge is 0.490 e. The Bertz CT molecular complexity index is 431. The third-order valence-electron chi connectivity index (χ3n) is 2.43. The minimum atomic E-state index is -0.111. The number of hydrogen-bond acceptors (Lipinski definition) is 4. The quantitative estimate of drug-likeness (QED) is 0.629. The van der Waals surface area contributed by atoms with Gasteiger partial charge in [-0.25, -0.2) is 0 Å². The van der Waals surface area contributed by atoms with E-state index < -0.39 is 0 Å². The molecule has 0 aliphatic rings. The Morgan fingerprint density at radius 3 is 2.58 bits per heavy atom. The third-order valence-corrected chi connectivity index (χ3v) is 2.43. The van der Waals surface area contributed by atoms with Gasteiger partial charge in [-0.15, -0.1) is 0 Å². The number of carbonyl (C=O) groups excluding carboxylic acids is 1. The highest BCUT2D eigenvalue weighted by Crippen LogP contribution is 2.23. The molecule has 0 heterocycles. The van der Waals surface area contributed by atoms with Crippen LogP contribution < -0.4 is 10.5 Å². The van der Waals surface area contributed by atoms with E-state index in [1.165, 1.54) is 4.90 Å². The zero-order chi connectivity index (χ0) is 14.4. The van der Waals surface area contributed by atoms with Crippen molar-refractivity contribution in [3.05, 3.63) is 23.8 Å². The van der Waals surface area contributed by atoms with Gasteiger partial charge in [0.05, 0.1) is 18.3 Å². The molecule has 0 unspecified atom stereocenters. The van der Waals surface area contributed by atoms with Crippen molar-refractivity contribution >= 4 is 11.6 Å². The fraction of sp³-hybridized carbons (Fsp3) is 0.500. The molecule has 106 valence electrons. The topological polar surface area (TPSA) is 64.8 Å². The average molecular weight is 266 g/mol. The fourth-order valence-corrected chi connectivity index (χ4v) is 1.51. The molecule has 0 bridgehead atoms. The maximum atomic E-state index is 12.0. The van der Waals surface area contributed by atoms with Crippen LogP contribution in [0.15, 0.2) is 18.2 Å². The van der Waals surface area contributed by atoms with Gasteiger partial charge in [0.15, 0.2) is 0 Å². The molecule has 0 radical (unpaired) electrons. The summed E-state index contributed by atoms with van der Waals surface area (Å²) in [5.74, 6) is 0.380.